The largest absolute Gasteiger partial charge is 0.509 e. The van der Waals surface area contributed by atoms with Crippen LogP contribution in [0.25, 0.3) is 38.8 Å². The van der Waals surface area contributed by atoms with Crippen molar-refractivity contribution < 1.29 is 25.8 Å². The van der Waals surface area contributed by atoms with E-state index in [1.165, 1.54) is 38.2 Å². The number of hydrogen-bond acceptors (Lipinski definition) is 4. The van der Waals surface area contributed by atoms with Crippen LogP contribution in [0, 0.1) is 18.8 Å². The summed E-state index contributed by atoms with van der Waals surface area (Å²) in [5.74, 6) is 2.16. The van der Waals surface area contributed by atoms with Crippen molar-refractivity contribution in [3.63, 3.8) is 0 Å². The van der Waals surface area contributed by atoms with Crippen LogP contribution >= 0.6 is 0 Å². The van der Waals surface area contributed by atoms with Crippen molar-refractivity contribution in [1.29, 1.82) is 0 Å². The van der Waals surface area contributed by atoms with Crippen molar-refractivity contribution in [2.45, 2.75) is 98.2 Å². The number of pyridine rings is 1. The maximum absolute atomic E-state index is 6.91. The van der Waals surface area contributed by atoms with E-state index in [2.05, 4.69) is 236 Å². The summed E-state index contributed by atoms with van der Waals surface area (Å²) in [4.78, 5) is 9.54. The van der Waals surface area contributed by atoms with Crippen molar-refractivity contribution in [2.75, 3.05) is 9.80 Å². The van der Waals surface area contributed by atoms with Gasteiger partial charge < -0.3 is 19.1 Å². The summed E-state index contributed by atoms with van der Waals surface area (Å²) in [6.45, 7) is 29.9. The summed E-state index contributed by atoms with van der Waals surface area (Å²) in [5.41, 5.74) is 12.4. The van der Waals surface area contributed by atoms with Crippen LogP contribution in [0.2, 0.25) is 19.6 Å². The molecular weight excluding hydrogens is 980 g/mol. The van der Waals surface area contributed by atoms with E-state index >= 15 is 0 Å². The van der Waals surface area contributed by atoms with Gasteiger partial charge in [-0.15, -0.1) is 48.1 Å². The number of fused-ring (bicyclic) bond motifs is 4. The van der Waals surface area contributed by atoms with Gasteiger partial charge in [0.25, 0.3) is 0 Å². The summed E-state index contributed by atoms with van der Waals surface area (Å²) < 4.78 is 9.18. The minimum Gasteiger partial charge on any atom is -0.509 e. The van der Waals surface area contributed by atoms with Gasteiger partial charge in [0, 0.05) is 61.3 Å². The normalized spacial score (nSPS) is 13.4. The Morgan fingerprint density at radius 3 is 1.92 bits per heavy atom. The Kier molecular flexibility index (Phi) is 11.7. The molecular formula is C57H59N4OPtSi-3. The van der Waals surface area contributed by atoms with Crippen LogP contribution in [-0.2, 0) is 37.3 Å². The number of rotatable bonds is 7. The fraction of sp³-hybridized carbons (Fsp3) is 0.263. The molecule has 5 nitrogen and oxygen atoms in total. The van der Waals surface area contributed by atoms with Gasteiger partial charge in [-0.3, -0.25) is 0 Å². The zero-order chi connectivity index (χ0) is 44.6. The standard InChI is InChI=1S/C57H59N4OSi.Pt/c1-55(2,3)40-27-28-58-53(33-40)61-48-24-17-16-23-47(48)54-51(61)35-46(36-52(54)63(10,11)12)62-45-22-18-21-43(34-45)59-37-60(44-31-41(56(4,5)6)30-42(32-44)57(7,8)9)49-26-25-39(29-50(49)59)38-19-14-13-15-20-38;/h13-33,36-37H,1-12H3;/q-3;. The van der Waals surface area contributed by atoms with Crippen LogP contribution < -0.4 is 19.7 Å². The summed E-state index contributed by atoms with van der Waals surface area (Å²) in [6.07, 6.45) is 1.93. The second kappa shape index (κ2) is 16.5. The molecule has 0 spiro atoms. The molecule has 0 unspecified atom stereocenters. The molecule has 330 valence electrons. The molecule has 64 heavy (non-hydrogen) atoms. The molecule has 6 aromatic carbocycles. The van der Waals surface area contributed by atoms with Crippen molar-refractivity contribution in [3.05, 3.63) is 169 Å². The molecule has 1 aliphatic rings. The predicted octanol–water partition coefficient (Wildman–Crippen LogP) is 15.1. The number of aromatic nitrogens is 2. The van der Waals surface area contributed by atoms with Crippen molar-refractivity contribution in [2.24, 2.45) is 0 Å². The van der Waals surface area contributed by atoms with Gasteiger partial charge in [0.1, 0.15) is 5.82 Å². The Labute approximate surface area is 396 Å². The average molecular weight is 1040 g/mol. The Hall–Kier alpha value is -5.42. The first kappa shape index (κ1) is 45.2. The molecule has 3 heterocycles. The molecule has 0 aliphatic carbocycles. The van der Waals surface area contributed by atoms with E-state index in [4.69, 9.17) is 9.72 Å². The number of nitrogens with zero attached hydrogens (tertiary/aromatic N) is 4. The molecule has 0 saturated heterocycles. The van der Waals surface area contributed by atoms with E-state index in [0.29, 0.717) is 11.5 Å². The smallest absolute Gasteiger partial charge is 0.135 e. The van der Waals surface area contributed by atoms with E-state index in [1.54, 1.807) is 0 Å². The van der Waals surface area contributed by atoms with E-state index in [9.17, 15) is 0 Å². The predicted molar refractivity (Wildman–Crippen MR) is 269 cm³/mol. The number of hydrogen-bond donors (Lipinski definition) is 0. The zero-order valence-electron chi connectivity index (χ0n) is 39.3. The van der Waals surface area contributed by atoms with E-state index in [0.717, 1.165) is 45.2 Å². The molecule has 0 saturated carbocycles. The molecule has 7 heteroatoms. The minimum absolute atomic E-state index is 0. The van der Waals surface area contributed by atoms with Crippen molar-refractivity contribution >= 4 is 57.8 Å². The molecule has 0 atom stereocenters. The van der Waals surface area contributed by atoms with Crippen LogP contribution in [0.4, 0.5) is 22.7 Å². The SMILES string of the molecule is CC(C)(C)c1cc(N2[CH-]N(c3[c-]c(Oc4[c-]c5c(c([Si](C)(C)C)c4)c4ccccc4n5-c4cc(C(C)(C)C)ccn4)ccc3)c3cc(-c4ccccc4)ccc32)cc(C(C)(C)C)c1.[Pt]. The monoisotopic (exact) mass is 1040 g/mol. The molecule has 8 aromatic rings. The van der Waals surface area contributed by atoms with Crippen LogP contribution in [-0.4, -0.2) is 17.6 Å². The van der Waals surface area contributed by atoms with Gasteiger partial charge in [-0.1, -0.05) is 148 Å². The van der Waals surface area contributed by atoms with Crippen molar-refractivity contribution in [1.82, 2.24) is 9.55 Å². The second-order valence-corrected chi connectivity index (χ2v) is 26.3. The van der Waals surface area contributed by atoms with E-state index < -0.39 is 8.07 Å². The van der Waals surface area contributed by atoms with E-state index in [-0.39, 0.29) is 37.3 Å². The molecule has 0 bridgehead atoms. The van der Waals surface area contributed by atoms with Crippen LogP contribution in [0.1, 0.15) is 79.0 Å². The fourth-order valence-electron chi connectivity index (χ4n) is 8.62. The number of para-hydroxylation sites is 1. The molecule has 0 radical (unpaired) electrons. The van der Waals surface area contributed by atoms with Gasteiger partial charge in [-0.25, -0.2) is 4.98 Å². The van der Waals surface area contributed by atoms with Crippen LogP contribution in [0.5, 0.6) is 11.5 Å². The number of anilines is 4. The van der Waals surface area contributed by atoms with Gasteiger partial charge in [-0.2, -0.15) is 11.3 Å². The summed E-state index contributed by atoms with van der Waals surface area (Å²) in [6, 6.07) is 53.4. The third kappa shape index (κ3) is 8.60. The average Bonchev–Trinajstić information content (AvgIpc) is 3.78. The van der Waals surface area contributed by atoms with Gasteiger partial charge in [-0.05, 0) is 91.9 Å². The Bertz CT molecular complexity index is 2980. The number of benzene rings is 6. The first-order chi connectivity index (χ1) is 29.7. The molecule has 0 N–H and O–H groups in total. The summed E-state index contributed by atoms with van der Waals surface area (Å²) in [7, 11) is -1.93. The van der Waals surface area contributed by atoms with Gasteiger partial charge in [0.15, 0.2) is 0 Å². The third-order valence-corrected chi connectivity index (χ3v) is 14.3. The van der Waals surface area contributed by atoms with Crippen LogP contribution in [0.15, 0.2) is 134 Å². The van der Waals surface area contributed by atoms with Crippen LogP contribution in [0.3, 0.4) is 0 Å². The quantitative estimate of drug-likeness (QED) is 0.118. The first-order valence-electron chi connectivity index (χ1n) is 22.2. The maximum Gasteiger partial charge on any atom is 0.135 e. The third-order valence-electron chi connectivity index (χ3n) is 12.3. The van der Waals surface area contributed by atoms with Gasteiger partial charge >= 0.3 is 0 Å². The Balaban J connectivity index is 0.00000560. The first-order valence-corrected chi connectivity index (χ1v) is 25.7. The van der Waals surface area contributed by atoms with Gasteiger partial charge in [0.05, 0.1) is 8.07 Å². The second-order valence-electron chi connectivity index (χ2n) is 21.2. The Morgan fingerprint density at radius 2 is 1.25 bits per heavy atom. The molecule has 0 fully saturated rings. The summed E-state index contributed by atoms with van der Waals surface area (Å²) in [5, 5.41) is 3.75. The maximum atomic E-state index is 6.91. The topological polar surface area (TPSA) is 33.5 Å². The van der Waals surface area contributed by atoms with Crippen molar-refractivity contribution in [3.8, 4) is 28.4 Å². The fourth-order valence-corrected chi connectivity index (χ4v) is 10.2. The zero-order valence-corrected chi connectivity index (χ0v) is 42.6. The number of ether oxygens (including phenoxy) is 1. The minimum atomic E-state index is -1.93. The Morgan fingerprint density at radius 1 is 0.578 bits per heavy atom. The molecule has 1 aliphatic heterocycles. The van der Waals surface area contributed by atoms with E-state index in [1.807, 2.05) is 12.3 Å². The summed E-state index contributed by atoms with van der Waals surface area (Å²) >= 11 is 0. The molecule has 2 aromatic heterocycles. The van der Waals surface area contributed by atoms with Gasteiger partial charge in [0.2, 0.25) is 0 Å². The molecule has 9 rings (SSSR count). The molecule has 0 amide bonds.